The summed E-state index contributed by atoms with van der Waals surface area (Å²) in [7, 11) is 0. The number of ether oxygens (including phenoxy) is 2. The first kappa shape index (κ1) is 28.0. The van der Waals surface area contributed by atoms with Gasteiger partial charge in [0, 0.05) is 0 Å². The first-order valence-corrected chi connectivity index (χ1v) is 13.5. The van der Waals surface area contributed by atoms with Crippen LogP contribution in [0.3, 0.4) is 0 Å². The zero-order valence-corrected chi connectivity index (χ0v) is 20.8. The van der Waals surface area contributed by atoms with Crippen molar-refractivity contribution in [2.45, 2.75) is 130 Å². The van der Waals surface area contributed by atoms with Gasteiger partial charge < -0.3 is 9.47 Å². The highest BCUT2D eigenvalue weighted by Crippen LogP contribution is 2.32. The molecule has 31 heavy (non-hydrogen) atoms. The molecule has 0 radical (unpaired) electrons. The van der Waals surface area contributed by atoms with Gasteiger partial charge in [-0.15, -0.1) is 0 Å². The number of carbonyl (C=O) groups excluding carboxylic acids is 2. The maximum absolute atomic E-state index is 12.8. The lowest BCUT2D eigenvalue weighted by atomic mass is 9.79. The number of rotatable bonds is 18. The Hall–Kier alpha value is -1.06. The van der Waals surface area contributed by atoms with E-state index in [-0.39, 0.29) is 23.8 Å². The van der Waals surface area contributed by atoms with Crippen LogP contribution in [0.25, 0.3) is 0 Å². The smallest absolute Gasteiger partial charge is 0.309 e. The van der Waals surface area contributed by atoms with Gasteiger partial charge in [0.2, 0.25) is 0 Å². The average molecular weight is 439 g/mol. The van der Waals surface area contributed by atoms with Gasteiger partial charge in [-0.1, -0.05) is 97.8 Å². The molecule has 0 aromatic rings. The van der Waals surface area contributed by atoms with Crippen LogP contribution in [0, 0.1) is 17.8 Å². The number of carbonyl (C=O) groups is 2. The summed E-state index contributed by atoms with van der Waals surface area (Å²) in [5.74, 6) is -0.523. The summed E-state index contributed by atoms with van der Waals surface area (Å²) in [6, 6.07) is 0. The SMILES string of the molecule is CCCCCCCCCOC(=O)C1CCCCC1C(=O)OCC(CCC)CCCCC. The zero-order chi connectivity index (χ0) is 22.7. The zero-order valence-electron chi connectivity index (χ0n) is 20.8. The van der Waals surface area contributed by atoms with Crippen molar-refractivity contribution in [3.63, 3.8) is 0 Å². The van der Waals surface area contributed by atoms with Crippen LogP contribution in [0.5, 0.6) is 0 Å². The van der Waals surface area contributed by atoms with Crippen molar-refractivity contribution in [1.29, 1.82) is 0 Å². The van der Waals surface area contributed by atoms with Gasteiger partial charge in [0.15, 0.2) is 0 Å². The van der Waals surface area contributed by atoms with Gasteiger partial charge in [-0.25, -0.2) is 0 Å². The summed E-state index contributed by atoms with van der Waals surface area (Å²) in [4.78, 5) is 25.5. The Morgan fingerprint density at radius 1 is 0.677 bits per heavy atom. The van der Waals surface area contributed by atoms with E-state index < -0.39 is 0 Å². The third-order valence-corrected chi connectivity index (χ3v) is 6.74. The van der Waals surface area contributed by atoms with Crippen LogP contribution < -0.4 is 0 Å². The van der Waals surface area contributed by atoms with Crippen molar-refractivity contribution in [1.82, 2.24) is 0 Å². The quantitative estimate of drug-likeness (QED) is 0.163. The van der Waals surface area contributed by atoms with E-state index in [0.717, 1.165) is 57.8 Å². The van der Waals surface area contributed by atoms with Crippen molar-refractivity contribution in [2.24, 2.45) is 17.8 Å². The van der Waals surface area contributed by atoms with E-state index in [0.29, 0.717) is 19.1 Å². The van der Waals surface area contributed by atoms with Crippen LogP contribution in [-0.2, 0) is 19.1 Å². The Morgan fingerprint density at radius 3 is 1.84 bits per heavy atom. The van der Waals surface area contributed by atoms with Crippen molar-refractivity contribution >= 4 is 11.9 Å². The molecule has 0 spiro atoms. The van der Waals surface area contributed by atoms with E-state index in [1.54, 1.807) is 0 Å². The Labute approximate surface area is 192 Å². The van der Waals surface area contributed by atoms with Gasteiger partial charge in [0.05, 0.1) is 25.0 Å². The molecule has 0 N–H and O–H groups in total. The molecule has 1 saturated carbocycles. The Morgan fingerprint density at radius 2 is 1.23 bits per heavy atom. The molecular formula is C27H50O4. The van der Waals surface area contributed by atoms with E-state index in [4.69, 9.17) is 9.47 Å². The van der Waals surface area contributed by atoms with Crippen molar-refractivity contribution in [2.75, 3.05) is 13.2 Å². The Kier molecular flexibility index (Phi) is 16.7. The van der Waals surface area contributed by atoms with E-state index >= 15 is 0 Å². The maximum atomic E-state index is 12.8. The predicted molar refractivity (Wildman–Crippen MR) is 128 cm³/mol. The molecule has 0 bridgehead atoms. The molecule has 182 valence electrons. The fourth-order valence-corrected chi connectivity index (χ4v) is 4.74. The summed E-state index contributed by atoms with van der Waals surface area (Å²) in [5.41, 5.74) is 0. The monoisotopic (exact) mass is 438 g/mol. The third-order valence-electron chi connectivity index (χ3n) is 6.74. The lowest BCUT2D eigenvalue weighted by Gasteiger charge is -2.29. The van der Waals surface area contributed by atoms with Gasteiger partial charge in [-0.2, -0.15) is 0 Å². The van der Waals surface area contributed by atoms with Crippen LogP contribution in [0.1, 0.15) is 130 Å². The first-order valence-electron chi connectivity index (χ1n) is 13.5. The highest BCUT2D eigenvalue weighted by Gasteiger charge is 2.38. The van der Waals surface area contributed by atoms with Gasteiger partial charge in [-0.05, 0) is 38.0 Å². The lowest BCUT2D eigenvalue weighted by Crippen LogP contribution is -2.35. The fraction of sp³-hybridized carbons (Fsp3) is 0.926. The van der Waals surface area contributed by atoms with E-state index in [1.165, 1.54) is 51.4 Å². The predicted octanol–water partition coefficient (Wildman–Crippen LogP) is 7.63. The third kappa shape index (κ3) is 12.5. The molecule has 1 aliphatic rings. The standard InChI is InChI=1S/C27H50O4/c1-4-7-9-10-11-12-16-21-30-26(28)24-19-14-15-20-25(24)27(29)31-22-23(17-6-3)18-13-8-5-2/h23-25H,4-22H2,1-3H3. The summed E-state index contributed by atoms with van der Waals surface area (Å²) in [6.45, 7) is 7.62. The summed E-state index contributed by atoms with van der Waals surface area (Å²) >= 11 is 0. The topological polar surface area (TPSA) is 52.6 Å². The molecule has 1 fully saturated rings. The molecule has 0 amide bonds. The highest BCUT2D eigenvalue weighted by atomic mass is 16.5. The molecule has 0 aromatic carbocycles. The number of hydrogen-bond donors (Lipinski definition) is 0. The van der Waals surface area contributed by atoms with Crippen LogP contribution in [0.2, 0.25) is 0 Å². The van der Waals surface area contributed by atoms with Crippen LogP contribution in [0.15, 0.2) is 0 Å². The van der Waals surface area contributed by atoms with Crippen LogP contribution >= 0.6 is 0 Å². The van der Waals surface area contributed by atoms with Gasteiger partial charge in [0.1, 0.15) is 0 Å². The summed E-state index contributed by atoms with van der Waals surface area (Å²) in [5, 5.41) is 0. The molecule has 1 aliphatic carbocycles. The van der Waals surface area contributed by atoms with Crippen molar-refractivity contribution < 1.29 is 19.1 Å². The highest BCUT2D eigenvalue weighted by molar-refractivity contribution is 5.82. The molecule has 0 heterocycles. The Bertz CT molecular complexity index is 462. The minimum atomic E-state index is -0.312. The maximum Gasteiger partial charge on any atom is 0.309 e. The van der Waals surface area contributed by atoms with Gasteiger partial charge in [-0.3, -0.25) is 9.59 Å². The van der Waals surface area contributed by atoms with E-state index in [2.05, 4.69) is 20.8 Å². The Balaban J connectivity index is 2.37. The summed E-state index contributed by atoms with van der Waals surface area (Å²) < 4.78 is 11.3. The molecule has 0 aromatic heterocycles. The van der Waals surface area contributed by atoms with Crippen LogP contribution in [-0.4, -0.2) is 25.2 Å². The van der Waals surface area contributed by atoms with Crippen LogP contribution in [0.4, 0.5) is 0 Å². The van der Waals surface area contributed by atoms with E-state index in [1.807, 2.05) is 0 Å². The second-order valence-electron chi connectivity index (χ2n) is 9.57. The van der Waals surface area contributed by atoms with Crippen molar-refractivity contribution in [3.05, 3.63) is 0 Å². The number of hydrogen-bond acceptors (Lipinski definition) is 4. The van der Waals surface area contributed by atoms with Crippen molar-refractivity contribution in [3.8, 4) is 0 Å². The largest absolute Gasteiger partial charge is 0.465 e. The molecular weight excluding hydrogens is 388 g/mol. The molecule has 3 atom stereocenters. The normalized spacial score (nSPS) is 19.7. The average Bonchev–Trinajstić information content (AvgIpc) is 2.79. The van der Waals surface area contributed by atoms with Gasteiger partial charge >= 0.3 is 11.9 Å². The first-order chi connectivity index (χ1) is 15.1. The molecule has 4 nitrogen and oxygen atoms in total. The minimum Gasteiger partial charge on any atom is -0.465 e. The molecule has 1 rings (SSSR count). The fourth-order valence-electron chi connectivity index (χ4n) is 4.74. The van der Waals surface area contributed by atoms with E-state index in [9.17, 15) is 9.59 Å². The molecule has 3 unspecified atom stereocenters. The second kappa shape index (κ2) is 18.5. The summed E-state index contributed by atoms with van der Waals surface area (Å²) in [6.07, 6.45) is 18.9. The second-order valence-corrected chi connectivity index (χ2v) is 9.57. The molecule has 0 aliphatic heterocycles. The molecule has 0 saturated heterocycles. The lowest BCUT2D eigenvalue weighted by molar-refractivity contribution is -0.163. The van der Waals surface area contributed by atoms with Gasteiger partial charge in [0.25, 0.3) is 0 Å². The molecule has 4 heteroatoms. The number of esters is 2. The minimum absolute atomic E-state index is 0.172. The number of unbranched alkanes of at least 4 members (excludes halogenated alkanes) is 8.